The predicted molar refractivity (Wildman–Crippen MR) is 380 cm³/mol. The molecule has 0 aliphatic carbocycles. The third-order valence-corrected chi connectivity index (χ3v) is 17.0. The van der Waals surface area contributed by atoms with Crippen LogP contribution in [0.25, 0.3) is 21.5 Å². The number of rotatable bonds is 10. The molecule has 21 nitrogen and oxygen atoms in total. The van der Waals surface area contributed by atoms with E-state index < -0.39 is 22.3 Å². The summed E-state index contributed by atoms with van der Waals surface area (Å²) in [6, 6.07) is 26.3. The number of aliphatic hydroxyl groups is 1. The molecule has 10 heterocycles. The fourth-order valence-electron chi connectivity index (χ4n) is 8.04. The normalized spacial score (nSPS) is 14.3. The van der Waals surface area contributed by atoms with Crippen molar-refractivity contribution in [2.24, 2.45) is 10.8 Å². The number of aromatic nitrogens is 9. The van der Waals surface area contributed by atoms with Gasteiger partial charge in [0.15, 0.2) is 0 Å². The number of pyridine rings is 7. The second-order valence-electron chi connectivity index (χ2n) is 21.6. The lowest BCUT2D eigenvalue weighted by Crippen LogP contribution is -2.41. The van der Waals surface area contributed by atoms with Crippen molar-refractivity contribution in [3.63, 3.8) is 0 Å². The van der Waals surface area contributed by atoms with Crippen LogP contribution in [0.1, 0.15) is 151 Å². The number of nitrogens with one attached hydrogen (secondary N) is 1. The van der Waals surface area contributed by atoms with Gasteiger partial charge in [0.2, 0.25) is 5.91 Å². The fourth-order valence-corrected chi connectivity index (χ4v) is 10.8. The predicted octanol–water partition coefficient (Wildman–Crippen LogP) is 15.9. The largest absolute Gasteiger partial charge is 0.494 e. The number of nitrogens with two attached hydrogens (primary N) is 1. The molecule has 1 amide bonds. The molecule has 10 rings (SSSR count). The minimum absolute atomic E-state index is 0.0116. The molecule has 9 aromatic rings. The Morgan fingerprint density at radius 3 is 1.44 bits per heavy atom. The number of azide groups is 1. The Hall–Kier alpha value is -5.40. The Morgan fingerprint density at radius 2 is 1.02 bits per heavy atom. The summed E-state index contributed by atoms with van der Waals surface area (Å²) >= 11 is 20.0. The van der Waals surface area contributed by atoms with Gasteiger partial charge in [0.25, 0.3) is 10.1 Å². The molecular formula is C62H75BBr6N14O7S. The smallest absolute Gasteiger partial charge is 0.399 e. The first-order valence-electron chi connectivity index (χ1n) is 28.1. The molecular weight excluding hydrogens is 1580 g/mol. The van der Waals surface area contributed by atoms with E-state index in [9.17, 15) is 13.2 Å². The topological polar surface area (TPSA) is 285 Å². The summed E-state index contributed by atoms with van der Waals surface area (Å²) in [7, 11) is -3.76. The second-order valence-corrected chi connectivity index (χ2v) is 28.7. The highest BCUT2D eigenvalue weighted by atomic mass is 79.9. The number of hydrogen-bond donors (Lipinski definition) is 3. The summed E-state index contributed by atoms with van der Waals surface area (Å²) in [6.45, 7) is 26.8. The standard InChI is InChI=1S/C15H21BN2O2.C9H11BrN2O.C9H9BrN2.C8H10BrNO3S.C7H7BrN4.C7H9BrN2.C7H8BrNO/c1-10-13-9-12(7-8-18(13)11(2)17-10)16-19-14(3,4)15(5,6)20-16;1-6(12-7(2)13)9-5-8(10)3-4-11-9;1-6-9-5-8(10)3-4-12(9)7(2)11-6;1-6(13-14(2,11)12)8-5-7(9)3-4-10-8;1-5(11-12-9)7-4-6(8)2-3-10-7;1-5(9)7-4-6(8)2-3-10-7;1-5(10)7-4-6(8)2-3-9-7/h7-9H,1-6H3;3-6H,1-2H3,(H,12,13);3-5H,1-2H3;3-6H,1-2H3;2-5H,1H3;2-5H,9H2,1H3;2-5,10H,1H3. The van der Waals surface area contributed by atoms with Gasteiger partial charge in [-0.2, -0.15) is 8.42 Å². The minimum Gasteiger partial charge on any atom is -0.399 e. The minimum atomic E-state index is -3.44. The third-order valence-electron chi connectivity index (χ3n) is 13.4. The first-order chi connectivity index (χ1) is 42.5. The second kappa shape index (κ2) is 36.3. The van der Waals surface area contributed by atoms with Gasteiger partial charge < -0.3 is 34.3 Å². The molecule has 0 spiro atoms. The SMILES string of the molecule is CC(=O)NC(C)c1cc(Br)ccn1.CC(N)c1cc(Br)ccn1.CC(N=[N+]=[N-])c1cc(Br)ccn1.CC(O)c1cc(Br)ccn1.CC(OS(C)(=O)=O)c1cc(Br)ccn1.Cc1nc(C)n2ccc(B3OC(C)(C)C(C)(C)O3)cc12.Cc1nc(C)n2ccc(Br)cc12. The van der Waals surface area contributed by atoms with E-state index in [-0.39, 0.29) is 42.4 Å². The lowest BCUT2D eigenvalue weighted by Gasteiger charge is -2.32. The molecule has 0 aromatic carbocycles. The van der Waals surface area contributed by atoms with Gasteiger partial charge in [-0.1, -0.05) is 108 Å². The van der Waals surface area contributed by atoms with E-state index in [2.05, 4.69) is 194 Å². The maximum Gasteiger partial charge on any atom is 0.494 e. The van der Waals surface area contributed by atoms with Crippen LogP contribution in [0.15, 0.2) is 160 Å². The molecule has 9 aromatic heterocycles. The van der Waals surface area contributed by atoms with Crippen LogP contribution in [0.2, 0.25) is 0 Å². The van der Waals surface area contributed by atoms with Crippen molar-refractivity contribution in [1.29, 1.82) is 0 Å². The zero-order valence-corrected chi connectivity index (χ0v) is 63.4. The average Bonchev–Trinajstić information content (AvgIpc) is 1.63. The number of fused-ring (bicyclic) bond motifs is 2. The van der Waals surface area contributed by atoms with Crippen LogP contribution in [0.3, 0.4) is 0 Å². The molecule has 4 N–H and O–H groups in total. The van der Waals surface area contributed by atoms with Gasteiger partial charge in [-0.15, -0.1) is 0 Å². The fraction of sp³-hybridized carbons (Fsp3) is 0.355. The molecule has 29 heteroatoms. The monoisotopic (exact) mass is 1640 g/mol. The van der Waals surface area contributed by atoms with Gasteiger partial charge in [-0.25, -0.2) is 9.97 Å². The van der Waals surface area contributed by atoms with Crippen LogP contribution in [-0.4, -0.2) is 87.7 Å². The zero-order valence-electron chi connectivity index (χ0n) is 53.1. The molecule has 0 bridgehead atoms. The number of amides is 1. The van der Waals surface area contributed by atoms with Gasteiger partial charge in [-0.3, -0.25) is 33.9 Å². The first-order valence-corrected chi connectivity index (χ1v) is 34.7. The van der Waals surface area contributed by atoms with Crippen LogP contribution in [-0.2, 0) is 28.4 Å². The highest BCUT2D eigenvalue weighted by Gasteiger charge is 2.51. The van der Waals surface area contributed by atoms with Crippen LogP contribution in [0.4, 0.5) is 0 Å². The van der Waals surface area contributed by atoms with Crippen LogP contribution in [0, 0.1) is 27.7 Å². The molecule has 5 atom stereocenters. The summed E-state index contributed by atoms with van der Waals surface area (Å²) in [5, 5.41) is 15.4. The van der Waals surface area contributed by atoms with Crippen LogP contribution >= 0.6 is 95.6 Å². The molecule has 1 aliphatic heterocycles. The number of aliphatic hydroxyl groups excluding tert-OH is 1. The number of halogens is 6. The number of hydrogen-bond acceptors (Lipinski definition) is 16. The van der Waals surface area contributed by atoms with Crippen LogP contribution < -0.4 is 16.5 Å². The molecule has 0 saturated carbocycles. The number of carbonyl (C=O) groups excluding carboxylic acids is 1. The van der Waals surface area contributed by atoms with Crippen molar-refractivity contribution in [3.05, 3.63) is 217 Å². The molecule has 1 fully saturated rings. The Morgan fingerprint density at radius 1 is 0.637 bits per heavy atom. The van der Waals surface area contributed by atoms with E-state index in [0.717, 1.165) is 84.2 Å². The maximum atomic E-state index is 10.8. The number of nitrogens with zero attached hydrogens (tertiary/aromatic N) is 12. The number of imidazole rings is 2. The zero-order chi connectivity index (χ0) is 68.1. The lowest BCUT2D eigenvalue weighted by molar-refractivity contribution is -0.119. The molecule has 0 radical (unpaired) electrons. The maximum absolute atomic E-state index is 10.8. The van der Waals surface area contributed by atoms with Crippen molar-refractivity contribution < 1.29 is 31.8 Å². The van der Waals surface area contributed by atoms with Gasteiger partial charge in [-0.05, 0) is 179 Å². The first kappa shape index (κ1) is 78.1. The van der Waals surface area contributed by atoms with Gasteiger partial charge in [0.1, 0.15) is 17.8 Å². The lowest BCUT2D eigenvalue weighted by atomic mass is 9.79. The van der Waals surface area contributed by atoms with E-state index in [4.69, 9.17) is 29.9 Å². The van der Waals surface area contributed by atoms with Crippen molar-refractivity contribution in [1.82, 2.24) is 49.0 Å². The van der Waals surface area contributed by atoms with Crippen molar-refractivity contribution in [2.45, 2.75) is 138 Å². The van der Waals surface area contributed by atoms with Crippen molar-refractivity contribution >= 4 is 135 Å². The van der Waals surface area contributed by atoms with E-state index in [1.165, 1.54) is 12.4 Å². The molecule has 486 valence electrons. The van der Waals surface area contributed by atoms with E-state index in [1.54, 1.807) is 70.0 Å². The van der Waals surface area contributed by atoms with E-state index in [1.807, 2.05) is 109 Å². The molecule has 1 aliphatic rings. The van der Waals surface area contributed by atoms with Gasteiger partial charge in [0.05, 0.1) is 86.5 Å². The summed E-state index contributed by atoms with van der Waals surface area (Å²) in [4.78, 5) is 42.6. The summed E-state index contributed by atoms with van der Waals surface area (Å²) in [6.07, 6.45) is 12.4. The van der Waals surface area contributed by atoms with Gasteiger partial charge >= 0.3 is 7.12 Å². The summed E-state index contributed by atoms with van der Waals surface area (Å²) in [5.74, 6) is 1.99. The van der Waals surface area contributed by atoms with Crippen molar-refractivity contribution in [3.8, 4) is 0 Å². The number of carbonyl (C=O) groups is 1. The Balaban J connectivity index is 0.000000230. The molecule has 5 unspecified atom stereocenters. The quantitative estimate of drug-likeness (QED) is 0.0377. The van der Waals surface area contributed by atoms with E-state index in [0.29, 0.717) is 11.4 Å². The van der Waals surface area contributed by atoms with Crippen LogP contribution in [0.5, 0.6) is 0 Å². The summed E-state index contributed by atoms with van der Waals surface area (Å²) < 4.78 is 48.6. The van der Waals surface area contributed by atoms with Gasteiger partial charge in [0, 0.05) is 88.1 Å². The number of aryl methyl sites for hydroxylation is 4. The summed E-state index contributed by atoms with van der Waals surface area (Å²) in [5.41, 5.74) is 22.4. The van der Waals surface area contributed by atoms with Crippen molar-refractivity contribution in [2.75, 3.05) is 6.26 Å². The highest BCUT2D eigenvalue weighted by molar-refractivity contribution is 9.11. The highest BCUT2D eigenvalue weighted by Crippen LogP contribution is 2.36. The Bertz CT molecular complexity index is 3960. The molecule has 91 heavy (non-hydrogen) atoms. The Kier molecular flexibility index (Phi) is 31.1. The van der Waals surface area contributed by atoms with E-state index >= 15 is 0 Å². The third kappa shape index (κ3) is 25.8. The molecule has 1 saturated heterocycles. The average molecular weight is 1650 g/mol. The Labute approximate surface area is 583 Å².